The van der Waals surface area contributed by atoms with Crippen LogP contribution in [-0.2, 0) is 10.2 Å². The van der Waals surface area contributed by atoms with E-state index in [0.29, 0.717) is 5.13 Å². The molecule has 1 aliphatic carbocycles. The number of carbonyl (C=O) groups is 1. The minimum atomic E-state index is -0.528. The third kappa shape index (κ3) is 3.12. The van der Waals surface area contributed by atoms with Crippen LogP contribution in [0.25, 0.3) is 0 Å². The van der Waals surface area contributed by atoms with Gasteiger partial charge in [-0.15, -0.1) is 11.3 Å². The monoisotopic (exact) mass is 298 g/mol. The SMILES string of the molecule is Cc1nc(NC(=O)OC(C)(C)C)sc1C1(CO)CCC1. The van der Waals surface area contributed by atoms with Crippen molar-refractivity contribution in [2.45, 2.75) is 58.0 Å². The molecule has 0 saturated heterocycles. The summed E-state index contributed by atoms with van der Waals surface area (Å²) >= 11 is 1.44. The molecule has 2 N–H and O–H groups in total. The van der Waals surface area contributed by atoms with Crippen LogP contribution in [0.4, 0.5) is 9.93 Å². The second-order valence-electron chi connectivity index (χ2n) is 6.35. The van der Waals surface area contributed by atoms with E-state index in [1.54, 1.807) is 0 Å². The van der Waals surface area contributed by atoms with E-state index in [0.717, 1.165) is 29.8 Å². The summed E-state index contributed by atoms with van der Waals surface area (Å²) in [5.41, 5.74) is 0.213. The largest absolute Gasteiger partial charge is 0.444 e. The number of aromatic nitrogens is 1. The number of aliphatic hydroxyl groups excluding tert-OH is 1. The van der Waals surface area contributed by atoms with E-state index in [9.17, 15) is 9.90 Å². The zero-order chi connectivity index (χ0) is 15.0. The number of amides is 1. The van der Waals surface area contributed by atoms with E-state index in [2.05, 4.69) is 10.3 Å². The fraction of sp³-hybridized carbons (Fsp3) is 0.714. The maximum Gasteiger partial charge on any atom is 0.413 e. The van der Waals surface area contributed by atoms with Crippen molar-refractivity contribution in [2.75, 3.05) is 11.9 Å². The summed E-state index contributed by atoms with van der Waals surface area (Å²) in [5.74, 6) is 0. The number of ether oxygens (including phenoxy) is 1. The lowest BCUT2D eigenvalue weighted by atomic mass is 9.68. The number of aryl methyl sites for hydroxylation is 1. The Morgan fingerprint density at radius 2 is 2.15 bits per heavy atom. The van der Waals surface area contributed by atoms with E-state index >= 15 is 0 Å². The molecule has 5 nitrogen and oxygen atoms in total. The summed E-state index contributed by atoms with van der Waals surface area (Å²) in [6.07, 6.45) is 2.60. The molecule has 1 fully saturated rings. The topological polar surface area (TPSA) is 71.5 Å². The highest BCUT2D eigenvalue weighted by Crippen LogP contribution is 2.47. The highest BCUT2D eigenvalue weighted by Gasteiger charge is 2.41. The molecule has 1 amide bonds. The molecule has 20 heavy (non-hydrogen) atoms. The summed E-state index contributed by atoms with van der Waals surface area (Å²) < 4.78 is 5.21. The molecule has 1 aromatic rings. The minimum Gasteiger partial charge on any atom is -0.444 e. The Hall–Kier alpha value is -1.14. The van der Waals surface area contributed by atoms with E-state index in [-0.39, 0.29) is 12.0 Å². The van der Waals surface area contributed by atoms with E-state index in [1.807, 2.05) is 27.7 Å². The lowest BCUT2D eigenvalue weighted by Crippen LogP contribution is -2.37. The number of thiazole rings is 1. The molecule has 6 heteroatoms. The summed E-state index contributed by atoms with van der Waals surface area (Å²) in [6, 6.07) is 0. The van der Waals surface area contributed by atoms with Crippen molar-refractivity contribution in [3.8, 4) is 0 Å². The number of rotatable bonds is 3. The molecule has 1 saturated carbocycles. The van der Waals surface area contributed by atoms with Gasteiger partial charge in [-0.3, -0.25) is 5.32 Å². The predicted molar refractivity (Wildman–Crippen MR) is 79.3 cm³/mol. The smallest absolute Gasteiger partial charge is 0.413 e. The van der Waals surface area contributed by atoms with Crippen LogP contribution in [0.3, 0.4) is 0 Å². The number of hydrogen-bond acceptors (Lipinski definition) is 5. The van der Waals surface area contributed by atoms with Crippen LogP contribution >= 0.6 is 11.3 Å². The number of aliphatic hydroxyl groups is 1. The van der Waals surface area contributed by atoms with Gasteiger partial charge in [0.15, 0.2) is 5.13 Å². The number of nitrogens with zero attached hydrogens (tertiary/aromatic N) is 1. The standard InChI is InChI=1S/C14H22N2O3S/c1-9-10(14(8-17)6-5-7-14)20-11(15-9)16-12(18)19-13(2,3)4/h17H,5-8H2,1-4H3,(H,15,16,18). The first-order chi connectivity index (χ1) is 9.26. The Kier molecular flexibility index (Phi) is 4.07. The molecular weight excluding hydrogens is 276 g/mol. The van der Waals surface area contributed by atoms with Crippen molar-refractivity contribution < 1.29 is 14.6 Å². The van der Waals surface area contributed by atoms with E-state index in [1.165, 1.54) is 11.3 Å². The second-order valence-corrected chi connectivity index (χ2v) is 7.35. The van der Waals surface area contributed by atoms with Crippen molar-refractivity contribution in [3.63, 3.8) is 0 Å². The molecule has 0 spiro atoms. The van der Waals surface area contributed by atoms with Gasteiger partial charge in [0.2, 0.25) is 0 Å². The number of carbonyl (C=O) groups excluding carboxylic acids is 1. The van der Waals surface area contributed by atoms with Gasteiger partial charge in [-0.1, -0.05) is 6.42 Å². The van der Waals surface area contributed by atoms with Crippen molar-refractivity contribution in [2.24, 2.45) is 0 Å². The minimum absolute atomic E-state index is 0.141. The lowest BCUT2D eigenvalue weighted by Gasteiger charge is -2.39. The molecule has 1 aliphatic rings. The second kappa shape index (κ2) is 5.33. The quantitative estimate of drug-likeness (QED) is 0.899. The van der Waals surface area contributed by atoms with Crippen LogP contribution in [-0.4, -0.2) is 28.4 Å². The first-order valence-corrected chi connectivity index (χ1v) is 7.66. The third-order valence-corrected chi connectivity index (χ3v) is 4.82. The van der Waals surface area contributed by atoms with Crippen LogP contribution in [0, 0.1) is 6.92 Å². The number of nitrogens with one attached hydrogen (secondary N) is 1. The van der Waals surface area contributed by atoms with Crippen molar-refractivity contribution >= 4 is 22.6 Å². The van der Waals surface area contributed by atoms with Crippen LogP contribution in [0.5, 0.6) is 0 Å². The Labute approximate surface area is 123 Å². The molecule has 0 radical (unpaired) electrons. The Morgan fingerprint density at radius 3 is 2.60 bits per heavy atom. The van der Waals surface area contributed by atoms with Gasteiger partial charge >= 0.3 is 6.09 Å². The molecule has 112 valence electrons. The van der Waals surface area contributed by atoms with Gasteiger partial charge in [0.1, 0.15) is 5.60 Å². The summed E-state index contributed by atoms with van der Waals surface area (Å²) in [7, 11) is 0. The first kappa shape index (κ1) is 15.3. The van der Waals surface area contributed by atoms with Gasteiger partial charge in [0.05, 0.1) is 12.3 Å². The Bertz CT molecular complexity index is 495. The van der Waals surface area contributed by atoms with Crippen LogP contribution in [0.2, 0.25) is 0 Å². The third-order valence-electron chi connectivity index (χ3n) is 3.50. The molecule has 2 rings (SSSR count). The van der Waals surface area contributed by atoms with E-state index in [4.69, 9.17) is 4.74 Å². The molecular formula is C14H22N2O3S. The molecule has 0 aliphatic heterocycles. The zero-order valence-corrected chi connectivity index (χ0v) is 13.3. The first-order valence-electron chi connectivity index (χ1n) is 6.84. The van der Waals surface area contributed by atoms with Crippen LogP contribution < -0.4 is 5.32 Å². The maximum absolute atomic E-state index is 11.7. The van der Waals surface area contributed by atoms with E-state index < -0.39 is 11.7 Å². The molecule has 1 aromatic heterocycles. The van der Waals surface area contributed by atoms with Gasteiger partial charge < -0.3 is 9.84 Å². The number of anilines is 1. The normalized spacial score (nSPS) is 17.4. The van der Waals surface area contributed by atoms with Gasteiger partial charge in [-0.05, 0) is 40.5 Å². The predicted octanol–water partition coefficient (Wildman–Crippen LogP) is 3.21. The molecule has 0 bridgehead atoms. The maximum atomic E-state index is 11.7. The van der Waals surface area contributed by atoms with Crippen LogP contribution in [0.1, 0.15) is 50.6 Å². The molecule has 0 aromatic carbocycles. The summed E-state index contributed by atoms with van der Waals surface area (Å²) in [6.45, 7) is 7.52. The average molecular weight is 298 g/mol. The fourth-order valence-electron chi connectivity index (χ4n) is 2.39. The fourth-order valence-corrected chi connectivity index (χ4v) is 3.58. The average Bonchev–Trinajstić information content (AvgIpc) is 2.56. The highest BCUT2D eigenvalue weighted by atomic mass is 32.1. The lowest BCUT2D eigenvalue weighted by molar-refractivity contribution is 0.0636. The van der Waals surface area contributed by atoms with Gasteiger partial charge in [-0.25, -0.2) is 9.78 Å². The molecule has 0 unspecified atom stereocenters. The highest BCUT2D eigenvalue weighted by molar-refractivity contribution is 7.16. The molecule has 0 atom stereocenters. The summed E-state index contributed by atoms with van der Waals surface area (Å²) in [4.78, 5) is 17.2. The Morgan fingerprint density at radius 1 is 1.50 bits per heavy atom. The van der Waals surface area contributed by atoms with Crippen molar-refractivity contribution in [1.29, 1.82) is 0 Å². The molecule has 1 heterocycles. The Balaban J connectivity index is 2.10. The number of hydrogen-bond donors (Lipinski definition) is 2. The zero-order valence-electron chi connectivity index (χ0n) is 12.4. The van der Waals surface area contributed by atoms with Gasteiger partial charge in [0, 0.05) is 10.3 Å². The van der Waals surface area contributed by atoms with Gasteiger partial charge in [-0.2, -0.15) is 0 Å². The van der Waals surface area contributed by atoms with Gasteiger partial charge in [0.25, 0.3) is 0 Å². The summed E-state index contributed by atoms with van der Waals surface area (Å²) in [5, 5.41) is 12.8. The van der Waals surface area contributed by atoms with Crippen molar-refractivity contribution in [3.05, 3.63) is 10.6 Å². The van der Waals surface area contributed by atoms with Crippen molar-refractivity contribution in [1.82, 2.24) is 4.98 Å². The van der Waals surface area contributed by atoms with Crippen LogP contribution in [0.15, 0.2) is 0 Å².